The number of benzene rings is 1. The Kier molecular flexibility index (Phi) is 4.14. The third kappa shape index (κ3) is 3.21. The van der Waals surface area contributed by atoms with E-state index in [2.05, 4.69) is 9.97 Å². The predicted molar refractivity (Wildman–Crippen MR) is 75.4 cm³/mol. The molecule has 0 spiro atoms. The fourth-order valence-corrected chi connectivity index (χ4v) is 2.36. The molecule has 0 unspecified atom stereocenters. The molecule has 1 heterocycles. The van der Waals surface area contributed by atoms with Crippen molar-refractivity contribution in [1.82, 2.24) is 9.97 Å². The van der Waals surface area contributed by atoms with Gasteiger partial charge in [-0.15, -0.1) is 0 Å². The highest BCUT2D eigenvalue weighted by Crippen LogP contribution is 2.34. The van der Waals surface area contributed by atoms with Gasteiger partial charge in [-0.25, -0.2) is 9.37 Å². The maximum atomic E-state index is 13.6. The molecule has 0 bridgehead atoms. The quantitative estimate of drug-likeness (QED) is 0.584. The molecule has 0 amide bonds. The second-order valence-corrected chi connectivity index (χ2v) is 4.86. The zero-order chi connectivity index (χ0) is 14.7. The highest BCUT2D eigenvalue weighted by atomic mass is 32.2. The number of nitrogens with one attached hydrogen (secondary N) is 1. The Morgan fingerprint density at radius 1 is 1.40 bits per heavy atom. The lowest BCUT2D eigenvalue weighted by Crippen LogP contribution is -2.09. The Bertz CT molecular complexity index is 690. The third-order valence-corrected chi connectivity index (χ3v) is 3.27. The van der Waals surface area contributed by atoms with Crippen LogP contribution in [0.5, 0.6) is 5.75 Å². The molecule has 1 aromatic heterocycles. The van der Waals surface area contributed by atoms with Gasteiger partial charge in [-0.1, -0.05) is 0 Å². The molecule has 0 atom stereocenters. The molecule has 1 aromatic carbocycles. The number of halogens is 1. The van der Waals surface area contributed by atoms with Crippen molar-refractivity contribution >= 4 is 23.3 Å². The number of anilines is 2. The van der Waals surface area contributed by atoms with Crippen LogP contribution in [-0.2, 0) is 0 Å². The summed E-state index contributed by atoms with van der Waals surface area (Å²) in [5.74, 6) is -0.347. The molecule has 0 saturated carbocycles. The Balaban J connectivity index is 2.37. The summed E-state index contributed by atoms with van der Waals surface area (Å²) >= 11 is 1.07. The second kappa shape index (κ2) is 5.83. The zero-order valence-electron chi connectivity index (χ0n) is 10.6. The van der Waals surface area contributed by atoms with E-state index in [1.165, 1.54) is 12.1 Å². The van der Waals surface area contributed by atoms with Crippen LogP contribution in [0, 0.1) is 5.82 Å². The van der Waals surface area contributed by atoms with E-state index in [0.29, 0.717) is 11.5 Å². The van der Waals surface area contributed by atoms with Gasteiger partial charge in [0.1, 0.15) is 5.82 Å². The number of aromatic amines is 1. The predicted octanol–water partition coefficient (Wildman–Crippen LogP) is 1.62. The molecule has 0 aliphatic carbocycles. The minimum Gasteiger partial charge on any atom is -0.491 e. The van der Waals surface area contributed by atoms with Crippen molar-refractivity contribution in [1.29, 1.82) is 0 Å². The van der Waals surface area contributed by atoms with Gasteiger partial charge in [-0.2, -0.15) is 0 Å². The van der Waals surface area contributed by atoms with Gasteiger partial charge in [0, 0.05) is 22.7 Å². The molecule has 106 valence electrons. The van der Waals surface area contributed by atoms with Crippen molar-refractivity contribution in [2.75, 3.05) is 18.1 Å². The van der Waals surface area contributed by atoms with E-state index in [1.54, 1.807) is 6.92 Å². The van der Waals surface area contributed by atoms with Gasteiger partial charge in [-0.3, -0.25) is 4.79 Å². The SMILES string of the molecule is CCOc1cc(Sc2nc(N)cc(=O)[nH]2)c(N)cc1F. The van der Waals surface area contributed by atoms with Crippen molar-refractivity contribution in [2.45, 2.75) is 17.0 Å². The summed E-state index contributed by atoms with van der Waals surface area (Å²) in [6.07, 6.45) is 0. The first-order valence-electron chi connectivity index (χ1n) is 5.76. The first-order chi connectivity index (χ1) is 9.49. The standard InChI is InChI=1S/C12H13FN4O2S/c1-2-19-8-4-9(7(14)3-6(8)13)20-12-16-10(15)5-11(18)17-12/h3-5H,2,14H2,1H3,(H3,15,16,17,18). The van der Waals surface area contributed by atoms with Gasteiger partial charge in [0.05, 0.1) is 6.61 Å². The number of H-pyrrole nitrogens is 1. The maximum Gasteiger partial charge on any atom is 0.253 e. The van der Waals surface area contributed by atoms with Crippen LogP contribution in [0.15, 0.2) is 33.0 Å². The molecular formula is C12H13FN4O2S. The van der Waals surface area contributed by atoms with Crippen LogP contribution in [0.1, 0.15) is 6.92 Å². The van der Waals surface area contributed by atoms with E-state index < -0.39 is 5.82 Å². The van der Waals surface area contributed by atoms with Gasteiger partial charge < -0.3 is 21.2 Å². The van der Waals surface area contributed by atoms with Gasteiger partial charge in [0.2, 0.25) is 0 Å². The maximum absolute atomic E-state index is 13.6. The Morgan fingerprint density at radius 3 is 2.80 bits per heavy atom. The normalized spacial score (nSPS) is 10.5. The molecule has 0 saturated heterocycles. The number of rotatable bonds is 4. The van der Waals surface area contributed by atoms with E-state index in [0.717, 1.165) is 17.8 Å². The lowest BCUT2D eigenvalue weighted by atomic mass is 10.3. The van der Waals surface area contributed by atoms with Crippen LogP contribution in [0.4, 0.5) is 15.9 Å². The number of nitrogens with two attached hydrogens (primary N) is 2. The number of nitrogen functional groups attached to an aromatic ring is 2. The lowest BCUT2D eigenvalue weighted by Gasteiger charge is -2.09. The van der Waals surface area contributed by atoms with E-state index >= 15 is 0 Å². The molecule has 0 aliphatic rings. The van der Waals surface area contributed by atoms with Gasteiger partial charge in [0.25, 0.3) is 5.56 Å². The Morgan fingerprint density at radius 2 is 2.15 bits per heavy atom. The van der Waals surface area contributed by atoms with Crippen molar-refractivity contribution in [3.63, 3.8) is 0 Å². The molecule has 0 fully saturated rings. The fourth-order valence-electron chi connectivity index (χ4n) is 1.51. The number of nitrogens with zero attached hydrogens (tertiary/aromatic N) is 1. The number of ether oxygens (including phenoxy) is 1. The second-order valence-electron chi connectivity index (χ2n) is 3.83. The lowest BCUT2D eigenvalue weighted by molar-refractivity contribution is 0.321. The van der Waals surface area contributed by atoms with Gasteiger partial charge >= 0.3 is 0 Å². The van der Waals surface area contributed by atoms with Crippen molar-refractivity contribution in [2.24, 2.45) is 0 Å². The number of aromatic nitrogens is 2. The van der Waals surface area contributed by atoms with E-state index in [9.17, 15) is 9.18 Å². The summed E-state index contributed by atoms with van der Waals surface area (Å²) < 4.78 is 18.7. The highest BCUT2D eigenvalue weighted by Gasteiger charge is 2.11. The molecule has 20 heavy (non-hydrogen) atoms. The molecule has 5 N–H and O–H groups in total. The first kappa shape index (κ1) is 14.2. The average molecular weight is 296 g/mol. The topological polar surface area (TPSA) is 107 Å². The van der Waals surface area contributed by atoms with Crippen molar-refractivity contribution < 1.29 is 9.13 Å². The average Bonchev–Trinajstić information content (AvgIpc) is 2.34. The van der Waals surface area contributed by atoms with E-state index in [-0.39, 0.29) is 28.0 Å². The Hall–Kier alpha value is -2.22. The summed E-state index contributed by atoms with van der Waals surface area (Å²) in [7, 11) is 0. The minimum atomic E-state index is -0.539. The molecule has 6 nitrogen and oxygen atoms in total. The van der Waals surface area contributed by atoms with Crippen LogP contribution < -0.4 is 21.8 Å². The molecule has 8 heteroatoms. The number of hydrogen-bond donors (Lipinski definition) is 3. The zero-order valence-corrected chi connectivity index (χ0v) is 11.5. The van der Waals surface area contributed by atoms with Crippen molar-refractivity contribution in [3.8, 4) is 5.75 Å². The van der Waals surface area contributed by atoms with Gasteiger partial charge in [0.15, 0.2) is 16.7 Å². The Labute approximate surface area is 118 Å². The van der Waals surface area contributed by atoms with E-state index in [1.807, 2.05) is 0 Å². The fraction of sp³-hybridized carbons (Fsp3) is 0.167. The van der Waals surface area contributed by atoms with Crippen molar-refractivity contribution in [3.05, 3.63) is 34.4 Å². The smallest absolute Gasteiger partial charge is 0.253 e. The summed E-state index contributed by atoms with van der Waals surface area (Å²) in [5, 5.41) is 0.274. The molecule has 0 radical (unpaired) electrons. The highest BCUT2D eigenvalue weighted by molar-refractivity contribution is 7.99. The number of hydrogen-bond acceptors (Lipinski definition) is 6. The largest absolute Gasteiger partial charge is 0.491 e. The molecule has 2 rings (SSSR count). The van der Waals surface area contributed by atoms with Crippen LogP contribution in [0.3, 0.4) is 0 Å². The van der Waals surface area contributed by atoms with E-state index in [4.69, 9.17) is 16.2 Å². The van der Waals surface area contributed by atoms with Gasteiger partial charge in [-0.05, 0) is 24.8 Å². The first-order valence-corrected chi connectivity index (χ1v) is 6.57. The summed E-state index contributed by atoms with van der Waals surface area (Å²) in [5.41, 5.74) is 11.1. The molecular weight excluding hydrogens is 283 g/mol. The third-order valence-electron chi connectivity index (χ3n) is 2.31. The molecule has 0 aliphatic heterocycles. The monoisotopic (exact) mass is 296 g/mol. The summed E-state index contributed by atoms with van der Waals surface area (Å²) in [4.78, 5) is 18.3. The summed E-state index contributed by atoms with van der Waals surface area (Å²) in [6, 6.07) is 3.80. The molecule has 2 aromatic rings. The van der Waals surface area contributed by atoms with Crippen LogP contribution in [0.25, 0.3) is 0 Å². The van der Waals surface area contributed by atoms with Crippen LogP contribution in [-0.4, -0.2) is 16.6 Å². The summed E-state index contributed by atoms with van der Waals surface area (Å²) in [6.45, 7) is 2.08. The van der Waals surface area contributed by atoms with Crippen LogP contribution >= 0.6 is 11.8 Å². The minimum absolute atomic E-state index is 0.0930. The van der Waals surface area contributed by atoms with Crippen LogP contribution in [0.2, 0.25) is 0 Å².